The summed E-state index contributed by atoms with van der Waals surface area (Å²) in [6.07, 6.45) is 0. The molecule has 0 saturated heterocycles. The number of nitrogens with one attached hydrogen (secondary N) is 1. The standard InChI is InChI=1S/C27H22N2.C27H20N2.6C7H7.2Hf/c2*1-18-8-5-9-19(2)26(18)29-25-15-7-12-21-16-17-24(28-27(21)25)23-14-6-11-20-10-3-4-13-22(20)23;6*1-7-5-3-2-4-6-7;;/h3-17,29H,1-2H3;3-13,15-17H,1-2H3;6*2-6H,1H2;;/q;-2;6*-1;2*+4. The molecular weight excluding hydrogens is 1570 g/mol. The normalized spacial score (nSPS) is 9.84. The van der Waals surface area contributed by atoms with Gasteiger partial charge in [-0.15, -0.1) is 113 Å². The van der Waals surface area contributed by atoms with Crippen LogP contribution in [0.1, 0.15) is 55.6 Å². The van der Waals surface area contributed by atoms with Crippen LogP contribution in [-0.2, 0) is 51.7 Å². The Morgan fingerprint density at radius 1 is 0.294 bits per heavy atom. The number of pyridine rings is 2. The quantitative estimate of drug-likeness (QED) is 0.133. The van der Waals surface area contributed by atoms with Crippen LogP contribution in [0, 0.1) is 75.3 Å². The second kappa shape index (κ2) is 41.5. The summed E-state index contributed by atoms with van der Waals surface area (Å²) in [6.45, 7) is 30.8. The molecule has 14 aromatic carbocycles. The van der Waals surface area contributed by atoms with Crippen LogP contribution in [-0.4, -0.2) is 9.97 Å². The van der Waals surface area contributed by atoms with Crippen LogP contribution in [0.4, 0.5) is 22.7 Å². The number of aryl methyl sites for hydroxylation is 4. The Labute approximate surface area is 644 Å². The van der Waals surface area contributed by atoms with Gasteiger partial charge in [-0.25, -0.2) is 4.98 Å². The second-order valence-corrected chi connectivity index (χ2v) is 23.7. The van der Waals surface area contributed by atoms with E-state index in [2.05, 4.69) is 238 Å². The molecule has 102 heavy (non-hydrogen) atoms. The van der Waals surface area contributed by atoms with Gasteiger partial charge in [0, 0.05) is 22.2 Å². The first-order valence-electron chi connectivity index (χ1n) is 33.3. The average Bonchev–Trinajstić information content (AvgIpc) is 0.787. The molecule has 0 unspecified atom stereocenters. The fraction of sp³-hybridized carbons (Fsp3) is 0.0417. The molecule has 2 aromatic heterocycles. The van der Waals surface area contributed by atoms with Crippen LogP contribution in [0.25, 0.3) is 71.2 Å². The molecule has 16 aromatic rings. The second-order valence-electron chi connectivity index (χ2n) is 23.7. The number of benzene rings is 14. The van der Waals surface area contributed by atoms with E-state index in [1.165, 1.54) is 38.4 Å². The summed E-state index contributed by atoms with van der Waals surface area (Å²) in [6, 6.07) is 123. The van der Waals surface area contributed by atoms with Crippen molar-refractivity contribution in [2.24, 2.45) is 0 Å². The molecule has 0 amide bonds. The summed E-state index contributed by atoms with van der Waals surface area (Å²) < 4.78 is 0. The smallest absolute Gasteiger partial charge is 0.656 e. The predicted octanol–water partition coefficient (Wildman–Crippen LogP) is 26.4. The van der Waals surface area contributed by atoms with Gasteiger partial charge < -0.3 is 10.6 Å². The Balaban J connectivity index is 0.000000182. The molecule has 0 aliphatic heterocycles. The van der Waals surface area contributed by atoms with Crippen LogP contribution in [0.2, 0.25) is 0 Å². The zero-order valence-corrected chi connectivity index (χ0v) is 65.8. The minimum absolute atomic E-state index is 0. The predicted molar refractivity (Wildman–Crippen MR) is 431 cm³/mol. The summed E-state index contributed by atoms with van der Waals surface area (Å²) in [5, 5.41) is 15.6. The molecule has 0 fully saturated rings. The van der Waals surface area contributed by atoms with Crippen LogP contribution in [0.3, 0.4) is 0 Å². The van der Waals surface area contributed by atoms with Gasteiger partial charge in [0.2, 0.25) is 0 Å². The molecule has 6 heteroatoms. The first-order chi connectivity index (χ1) is 48.8. The SMILES string of the molecule is Cc1cccc(C)c1Nc1cccc2ccc(-c3cccc4ccccc34)nc12.Cc1cccc(C)c1[N-]c1cccc2ccc(-c3[c-]ccc4ccccc34)nc12.[CH2-]c1ccccc1.[CH2-]c1ccccc1.[CH2-]c1ccccc1.[CH2-]c1ccccc1.[CH2-]c1ccccc1.[CH2-]c1ccccc1.[Hf+4].[Hf+4]. The maximum atomic E-state index is 5.09. The van der Waals surface area contributed by atoms with Gasteiger partial charge >= 0.3 is 51.7 Å². The molecule has 0 radical (unpaired) electrons. The Morgan fingerprint density at radius 2 is 0.637 bits per heavy atom. The first-order valence-corrected chi connectivity index (χ1v) is 33.3. The third-order valence-electron chi connectivity index (χ3n) is 15.9. The van der Waals surface area contributed by atoms with Gasteiger partial charge in [-0.1, -0.05) is 205 Å². The summed E-state index contributed by atoms with van der Waals surface area (Å²) in [7, 11) is 0. The van der Waals surface area contributed by atoms with E-state index in [4.69, 9.17) is 15.3 Å². The van der Waals surface area contributed by atoms with Crippen molar-refractivity contribution in [2.45, 2.75) is 27.7 Å². The van der Waals surface area contributed by atoms with Crippen LogP contribution in [0.5, 0.6) is 0 Å². The molecule has 0 saturated carbocycles. The van der Waals surface area contributed by atoms with Crippen molar-refractivity contribution in [3.63, 3.8) is 0 Å². The Morgan fingerprint density at radius 3 is 1.09 bits per heavy atom. The van der Waals surface area contributed by atoms with Gasteiger partial charge in [-0.3, -0.25) is 4.98 Å². The summed E-state index contributed by atoms with van der Waals surface area (Å²) in [5.41, 5.74) is 21.3. The maximum absolute atomic E-state index is 5.09. The number of hydrogen-bond acceptors (Lipinski definition) is 3. The minimum Gasteiger partial charge on any atom is -0.656 e. The molecule has 4 nitrogen and oxygen atoms in total. The number of hydrogen-bond donors (Lipinski definition) is 1. The summed E-state index contributed by atoms with van der Waals surface area (Å²) >= 11 is 0. The van der Waals surface area contributed by atoms with E-state index in [-0.39, 0.29) is 51.7 Å². The fourth-order valence-corrected chi connectivity index (χ4v) is 10.7. The van der Waals surface area contributed by atoms with Gasteiger partial charge in [-0.05, 0) is 72.8 Å². The van der Waals surface area contributed by atoms with Gasteiger partial charge in [0.15, 0.2) is 0 Å². The molecule has 16 rings (SSSR count). The monoisotopic (exact) mass is 1650 g/mol. The largest absolute Gasteiger partial charge is 4.00 e. The maximum Gasteiger partial charge on any atom is 4.00 e. The van der Waals surface area contributed by atoms with E-state index in [1.54, 1.807) is 0 Å². The van der Waals surface area contributed by atoms with Crippen molar-refractivity contribution in [1.29, 1.82) is 0 Å². The summed E-state index contributed by atoms with van der Waals surface area (Å²) in [4.78, 5) is 10.1. The number of para-hydroxylation sites is 4. The molecule has 2 heterocycles. The van der Waals surface area contributed by atoms with E-state index in [0.29, 0.717) is 0 Å². The molecular formula is C96H84Hf2N4. The average molecular weight is 1650 g/mol. The van der Waals surface area contributed by atoms with Crippen molar-refractivity contribution < 1.29 is 51.7 Å². The van der Waals surface area contributed by atoms with Crippen LogP contribution < -0.4 is 5.32 Å². The van der Waals surface area contributed by atoms with Crippen molar-refractivity contribution in [3.8, 4) is 22.5 Å². The zero-order valence-electron chi connectivity index (χ0n) is 58.6. The Bertz CT molecular complexity index is 4560. The van der Waals surface area contributed by atoms with Crippen LogP contribution in [0.15, 0.2) is 358 Å². The molecule has 496 valence electrons. The molecule has 0 bridgehead atoms. The topological polar surface area (TPSA) is 51.9 Å². The molecule has 0 aliphatic carbocycles. The molecule has 1 N–H and O–H groups in total. The van der Waals surface area contributed by atoms with E-state index in [1.807, 2.05) is 200 Å². The van der Waals surface area contributed by atoms with Crippen molar-refractivity contribution in [3.05, 3.63) is 466 Å². The number of anilines is 2. The van der Waals surface area contributed by atoms with Gasteiger partial charge in [0.1, 0.15) is 0 Å². The first kappa shape index (κ1) is 78.3. The van der Waals surface area contributed by atoms with E-state index >= 15 is 0 Å². The fourth-order valence-electron chi connectivity index (χ4n) is 10.7. The van der Waals surface area contributed by atoms with Crippen molar-refractivity contribution >= 4 is 66.1 Å². The molecule has 0 atom stereocenters. The summed E-state index contributed by atoms with van der Waals surface area (Å²) in [5.74, 6) is 0. The number of aromatic nitrogens is 2. The van der Waals surface area contributed by atoms with Gasteiger partial charge in [0.25, 0.3) is 0 Å². The number of fused-ring (bicyclic) bond motifs is 4. The molecule has 0 spiro atoms. The Kier molecular flexibility index (Phi) is 31.9. The van der Waals surface area contributed by atoms with Gasteiger partial charge in [-0.2, -0.15) is 148 Å². The van der Waals surface area contributed by atoms with E-state index in [9.17, 15) is 0 Å². The van der Waals surface area contributed by atoms with E-state index in [0.717, 1.165) is 106 Å². The molecule has 0 aliphatic rings. The third-order valence-corrected chi connectivity index (χ3v) is 15.9. The number of nitrogens with zero attached hydrogens (tertiary/aromatic N) is 3. The van der Waals surface area contributed by atoms with Crippen molar-refractivity contribution in [2.75, 3.05) is 5.32 Å². The number of rotatable bonds is 6. The van der Waals surface area contributed by atoms with Crippen LogP contribution >= 0.6 is 0 Å². The third kappa shape index (κ3) is 24.1. The zero-order chi connectivity index (χ0) is 70.3. The van der Waals surface area contributed by atoms with Crippen molar-refractivity contribution in [1.82, 2.24) is 9.97 Å². The van der Waals surface area contributed by atoms with E-state index < -0.39 is 0 Å². The van der Waals surface area contributed by atoms with Gasteiger partial charge in [0.05, 0.1) is 16.9 Å². The Hall–Kier alpha value is -11.0. The minimum atomic E-state index is 0.